The van der Waals surface area contributed by atoms with E-state index in [9.17, 15) is 0 Å². The van der Waals surface area contributed by atoms with E-state index in [-0.39, 0.29) is 0 Å². The lowest BCUT2D eigenvalue weighted by Gasteiger charge is -1.95. The minimum absolute atomic E-state index is 0.748. The molecule has 2 aromatic rings. The molecular weight excluding hydrogens is 210 g/mol. The maximum absolute atomic E-state index is 6.02. The van der Waals surface area contributed by atoms with Gasteiger partial charge in [-0.15, -0.1) is 0 Å². The van der Waals surface area contributed by atoms with Crippen LogP contribution in [0.2, 0.25) is 5.02 Å². The smallest absolute Gasteiger partial charge is 0.137 e. The lowest BCUT2D eigenvalue weighted by Crippen LogP contribution is -2.04. The first-order valence-electron chi connectivity index (χ1n) is 4.96. The third-order valence-corrected chi connectivity index (χ3v) is 2.84. The quantitative estimate of drug-likeness (QED) is 0.844. The Morgan fingerprint density at radius 1 is 1.33 bits per heavy atom. The number of fused-ring (bicyclic) bond motifs is 1. The van der Waals surface area contributed by atoms with E-state index in [1.165, 1.54) is 5.56 Å². The number of hydrogen-bond acceptors (Lipinski definition) is 2. The maximum atomic E-state index is 6.02. The highest BCUT2D eigenvalue weighted by Crippen LogP contribution is 2.30. The van der Waals surface area contributed by atoms with Crippen LogP contribution in [0.3, 0.4) is 0 Å². The summed E-state index contributed by atoms with van der Waals surface area (Å²) in [4.78, 5) is 0. The van der Waals surface area contributed by atoms with Gasteiger partial charge in [0, 0.05) is 10.4 Å². The van der Waals surface area contributed by atoms with Crippen molar-refractivity contribution in [2.45, 2.75) is 20.4 Å². The summed E-state index contributed by atoms with van der Waals surface area (Å²) in [6, 6.07) is 3.89. The summed E-state index contributed by atoms with van der Waals surface area (Å²) >= 11 is 6.02. The van der Waals surface area contributed by atoms with Crippen molar-refractivity contribution < 1.29 is 4.42 Å². The average Bonchev–Trinajstić information content (AvgIpc) is 2.47. The van der Waals surface area contributed by atoms with Gasteiger partial charge in [-0.1, -0.05) is 11.6 Å². The van der Waals surface area contributed by atoms with Crippen LogP contribution >= 0.6 is 11.6 Å². The zero-order valence-electron chi connectivity index (χ0n) is 9.15. The molecule has 0 aliphatic rings. The predicted molar refractivity (Wildman–Crippen MR) is 63.5 cm³/mol. The van der Waals surface area contributed by atoms with Crippen molar-refractivity contribution in [2.75, 3.05) is 7.05 Å². The Morgan fingerprint density at radius 3 is 2.73 bits per heavy atom. The Bertz CT molecular complexity index is 502. The molecule has 0 radical (unpaired) electrons. The molecule has 0 aliphatic carbocycles. The number of aryl methyl sites for hydroxylation is 2. The van der Waals surface area contributed by atoms with Crippen LogP contribution in [0.15, 0.2) is 16.5 Å². The van der Waals surface area contributed by atoms with Crippen molar-refractivity contribution in [3.05, 3.63) is 34.0 Å². The van der Waals surface area contributed by atoms with E-state index >= 15 is 0 Å². The first kappa shape index (κ1) is 10.5. The van der Waals surface area contributed by atoms with E-state index < -0.39 is 0 Å². The fourth-order valence-electron chi connectivity index (χ4n) is 1.82. The van der Waals surface area contributed by atoms with Crippen LogP contribution in [0.5, 0.6) is 0 Å². The lowest BCUT2D eigenvalue weighted by molar-refractivity contribution is 0.525. The van der Waals surface area contributed by atoms with Crippen molar-refractivity contribution in [3.8, 4) is 0 Å². The zero-order valence-corrected chi connectivity index (χ0v) is 9.90. The minimum atomic E-state index is 0.748. The Balaban J connectivity index is 2.70. The molecule has 0 aliphatic heterocycles. The molecule has 0 atom stereocenters. The summed E-state index contributed by atoms with van der Waals surface area (Å²) in [5.41, 5.74) is 3.20. The molecule has 0 unspecified atom stereocenters. The van der Waals surface area contributed by atoms with Crippen molar-refractivity contribution in [2.24, 2.45) is 0 Å². The highest BCUT2D eigenvalue weighted by atomic mass is 35.5. The summed E-state index contributed by atoms with van der Waals surface area (Å²) < 4.78 is 5.80. The van der Waals surface area contributed by atoms with Crippen LogP contribution < -0.4 is 5.32 Å². The number of rotatable bonds is 2. The summed E-state index contributed by atoms with van der Waals surface area (Å²) in [7, 11) is 1.91. The van der Waals surface area contributed by atoms with E-state index in [0.29, 0.717) is 0 Å². The molecular formula is C12H14ClNO. The highest BCUT2D eigenvalue weighted by Gasteiger charge is 2.12. The number of benzene rings is 1. The molecule has 0 amide bonds. The van der Waals surface area contributed by atoms with Crippen LogP contribution in [0.4, 0.5) is 0 Å². The third-order valence-electron chi connectivity index (χ3n) is 2.62. The van der Waals surface area contributed by atoms with E-state index in [1.807, 2.05) is 26.1 Å². The normalized spacial score (nSPS) is 11.2. The molecule has 1 heterocycles. The largest absolute Gasteiger partial charge is 0.459 e. The molecule has 1 aromatic heterocycles. The van der Waals surface area contributed by atoms with Gasteiger partial charge in [0.2, 0.25) is 0 Å². The van der Waals surface area contributed by atoms with Gasteiger partial charge in [-0.3, -0.25) is 0 Å². The van der Waals surface area contributed by atoms with E-state index in [4.69, 9.17) is 16.0 Å². The second kappa shape index (κ2) is 3.87. The van der Waals surface area contributed by atoms with Gasteiger partial charge in [0.1, 0.15) is 11.3 Å². The highest BCUT2D eigenvalue weighted by molar-refractivity contribution is 6.31. The van der Waals surface area contributed by atoms with E-state index in [2.05, 4.69) is 12.2 Å². The van der Waals surface area contributed by atoms with Crippen LogP contribution in [-0.2, 0) is 6.54 Å². The molecule has 0 saturated heterocycles. The predicted octanol–water partition coefficient (Wildman–Crippen LogP) is 3.42. The topological polar surface area (TPSA) is 25.2 Å². The molecule has 2 nitrogen and oxygen atoms in total. The second-order valence-corrected chi connectivity index (χ2v) is 4.22. The van der Waals surface area contributed by atoms with Gasteiger partial charge >= 0.3 is 0 Å². The Hall–Kier alpha value is -0.990. The second-order valence-electron chi connectivity index (χ2n) is 3.78. The number of furan rings is 1. The standard InChI is InChI=1S/C12H14ClNO/c1-7-4-9(13)5-10-8(2)11(6-14-3)15-12(7)10/h4-5,14H,6H2,1-3H3. The summed E-state index contributed by atoms with van der Waals surface area (Å²) in [5.74, 6) is 0.984. The van der Waals surface area contributed by atoms with Gasteiger partial charge in [0.25, 0.3) is 0 Å². The van der Waals surface area contributed by atoms with Crippen molar-refractivity contribution >= 4 is 22.6 Å². The molecule has 1 N–H and O–H groups in total. The van der Waals surface area contributed by atoms with Gasteiger partial charge in [-0.25, -0.2) is 0 Å². The fourth-order valence-corrected chi connectivity index (χ4v) is 2.10. The molecule has 0 bridgehead atoms. The third kappa shape index (κ3) is 1.75. The maximum Gasteiger partial charge on any atom is 0.137 e. The fraction of sp³-hybridized carbons (Fsp3) is 0.333. The summed E-state index contributed by atoms with van der Waals surface area (Å²) in [5, 5.41) is 4.97. The molecule has 3 heteroatoms. The van der Waals surface area contributed by atoms with Gasteiger partial charge < -0.3 is 9.73 Å². The van der Waals surface area contributed by atoms with Crippen molar-refractivity contribution in [3.63, 3.8) is 0 Å². The summed E-state index contributed by atoms with van der Waals surface area (Å²) in [6.07, 6.45) is 0. The Kier molecular flexibility index (Phi) is 2.72. The van der Waals surface area contributed by atoms with Crippen molar-refractivity contribution in [1.29, 1.82) is 0 Å². The van der Waals surface area contributed by atoms with E-state index in [0.717, 1.165) is 33.9 Å². The first-order chi connectivity index (χ1) is 7.13. The molecule has 0 saturated carbocycles. The van der Waals surface area contributed by atoms with E-state index in [1.54, 1.807) is 0 Å². The zero-order chi connectivity index (χ0) is 11.0. The molecule has 15 heavy (non-hydrogen) atoms. The van der Waals surface area contributed by atoms with Gasteiger partial charge in [-0.05, 0) is 44.2 Å². The minimum Gasteiger partial charge on any atom is -0.459 e. The molecule has 80 valence electrons. The first-order valence-corrected chi connectivity index (χ1v) is 5.34. The molecule has 0 spiro atoms. The number of hydrogen-bond donors (Lipinski definition) is 1. The van der Waals surface area contributed by atoms with Crippen LogP contribution in [-0.4, -0.2) is 7.05 Å². The lowest BCUT2D eigenvalue weighted by atomic mass is 10.1. The monoisotopic (exact) mass is 223 g/mol. The molecule has 0 fully saturated rings. The Labute approximate surface area is 94.2 Å². The number of nitrogens with one attached hydrogen (secondary N) is 1. The summed E-state index contributed by atoms with van der Waals surface area (Å²) in [6.45, 7) is 4.83. The van der Waals surface area contributed by atoms with Crippen LogP contribution in [0.1, 0.15) is 16.9 Å². The molecule has 2 rings (SSSR count). The Morgan fingerprint density at radius 2 is 2.07 bits per heavy atom. The number of halogens is 1. The van der Waals surface area contributed by atoms with Crippen LogP contribution in [0, 0.1) is 13.8 Å². The van der Waals surface area contributed by atoms with Gasteiger partial charge in [0.15, 0.2) is 0 Å². The molecule has 1 aromatic carbocycles. The van der Waals surface area contributed by atoms with Crippen LogP contribution in [0.25, 0.3) is 11.0 Å². The average molecular weight is 224 g/mol. The SMILES string of the molecule is CNCc1oc2c(C)cc(Cl)cc2c1C. The van der Waals surface area contributed by atoms with Gasteiger partial charge in [-0.2, -0.15) is 0 Å². The van der Waals surface area contributed by atoms with Crippen molar-refractivity contribution in [1.82, 2.24) is 5.32 Å². The van der Waals surface area contributed by atoms with Gasteiger partial charge in [0.05, 0.1) is 6.54 Å².